The van der Waals surface area contributed by atoms with E-state index in [-0.39, 0.29) is 0 Å². The summed E-state index contributed by atoms with van der Waals surface area (Å²) < 4.78 is 11.1. The summed E-state index contributed by atoms with van der Waals surface area (Å²) in [5.74, 6) is 1.60. The fraction of sp³-hybridized carbons (Fsp3) is 0.450. The number of ether oxygens (including phenoxy) is 2. The van der Waals surface area contributed by atoms with Gasteiger partial charge in [0.15, 0.2) is 11.5 Å². The summed E-state index contributed by atoms with van der Waals surface area (Å²) in [6, 6.07) is 9.31. The monoisotopic (exact) mass is 358 g/mol. The third kappa shape index (κ3) is 3.09. The average molecular weight is 359 g/mol. The molecule has 4 nitrogen and oxygen atoms in total. The number of methoxy groups -OCH3 is 1. The lowest BCUT2D eigenvalue weighted by atomic mass is 9.97. The standard InChI is InChI=1S/C20H23ClN2O2/c1-3-25-19-7-4-13(8-20(19)24-2)12-23-15-5-6-18(23)16-9-14(21)11-22-17(16)10-15/h4,7-9,11,15,18H,3,5-6,10,12H2,1-2H3. The van der Waals surface area contributed by atoms with Crippen molar-refractivity contribution >= 4 is 11.6 Å². The molecule has 2 aliphatic rings. The number of pyridine rings is 1. The van der Waals surface area contributed by atoms with E-state index < -0.39 is 0 Å². The Kier molecular flexibility index (Phi) is 4.57. The molecule has 5 heteroatoms. The minimum Gasteiger partial charge on any atom is -0.493 e. The van der Waals surface area contributed by atoms with Crippen LogP contribution < -0.4 is 9.47 Å². The normalized spacial score (nSPS) is 21.9. The zero-order valence-electron chi connectivity index (χ0n) is 14.7. The summed E-state index contributed by atoms with van der Waals surface area (Å²) in [7, 11) is 1.69. The molecule has 1 fully saturated rings. The number of benzene rings is 1. The van der Waals surface area contributed by atoms with Crippen LogP contribution in [0.5, 0.6) is 11.5 Å². The first kappa shape index (κ1) is 16.7. The molecule has 0 radical (unpaired) electrons. The van der Waals surface area contributed by atoms with Gasteiger partial charge in [0.05, 0.1) is 18.7 Å². The SMILES string of the molecule is CCOc1ccc(CN2C3CCC2c2cc(Cl)cnc2C3)cc1OC. The molecule has 2 atom stereocenters. The second-order valence-corrected chi connectivity index (χ2v) is 7.17. The Labute approximate surface area is 153 Å². The van der Waals surface area contributed by atoms with Gasteiger partial charge in [-0.15, -0.1) is 0 Å². The Bertz CT molecular complexity index is 780. The van der Waals surface area contributed by atoms with Gasteiger partial charge in [0.2, 0.25) is 0 Å². The lowest BCUT2D eigenvalue weighted by molar-refractivity contribution is 0.166. The zero-order valence-corrected chi connectivity index (χ0v) is 15.4. The van der Waals surface area contributed by atoms with Crippen LogP contribution >= 0.6 is 11.6 Å². The molecule has 0 aliphatic carbocycles. The van der Waals surface area contributed by atoms with Crippen LogP contribution in [0.25, 0.3) is 0 Å². The largest absolute Gasteiger partial charge is 0.493 e. The highest BCUT2D eigenvalue weighted by atomic mass is 35.5. The van der Waals surface area contributed by atoms with E-state index in [1.54, 1.807) is 13.3 Å². The van der Waals surface area contributed by atoms with Gasteiger partial charge >= 0.3 is 0 Å². The van der Waals surface area contributed by atoms with Crippen LogP contribution in [0.1, 0.15) is 42.6 Å². The molecule has 2 aromatic rings. The van der Waals surface area contributed by atoms with E-state index in [2.05, 4.69) is 28.1 Å². The van der Waals surface area contributed by atoms with Gasteiger partial charge in [-0.3, -0.25) is 9.88 Å². The summed E-state index contributed by atoms with van der Waals surface area (Å²) in [5, 5.41) is 0.729. The molecule has 4 rings (SSSR count). The van der Waals surface area contributed by atoms with Gasteiger partial charge < -0.3 is 9.47 Å². The van der Waals surface area contributed by atoms with Crippen LogP contribution in [-0.4, -0.2) is 29.6 Å². The van der Waals surface area contributed by atoms with E-state index in [1.165, 1.54) is 29.7 Å². The maximum absolute atomic E-state index is 6.20. The van der Waals surface area contributed by atoms with Crippen LogP contribution in [0.2, 0.25) is 5.02 Å². The molecule has 0 amide bonds. The first-order valence-corrected chi connectivity index (χ1v) is 9.27. The molecule has 2 bridgehead atoms. The second kappa shape index (κ2) is 6.85. The van der Waals surface area contributed by atoms with Crippen molar-refractivity contribution in [1.82, 2.24) is 9.88 Å². The van der Waals surface area contributed by atoms with E-state index in [1.807, 2.05) is 13.0 Å². The quantitative estimate of drug-likeness (QED) is 0.793. The molecule has 25 heavy (non-hydrogen) atoms. The number of nitrogens with zero attached hydrogens (tertiary/aromatic N) is 2. The van der Waals surface area contributed by atoms with Crippen LogP contribution in [0, 0.1) is 0 Å². The molecule has 2 unspecified atom stereocenters. The second-order valence-electron chi connectivity index (χ2n) is 6.73. The first-order valence-electron chi connectivity index (χ1n) is 8.89. The van der Waals surface area contributed by atoms with Gasteiger partial charge in [-0.25, -0.2) is 0 Å². The van der Waals surface area contributed by atoms with Crippen LogP contribution in [0.15, 0.2) is 30.5 Å². The van der Waals surface area contributed by atoms with Crippen molar-refractivity contribution in [2.75, 3.05) is 13.7 Å². The maximum Gasteiger partial charge on any atom is 0.161 e. The van der Waals surface area contributed by atoms with Crippen molar-refractivity contribution in [3.63, 3.8) is 0 Å². The summed E-state index contributed by atoms with van der Waals surface area (Å²) >= 11 is 6.20. The fourth-order valence-electron chi connectivity index (χ4n) is 4.19. The van der Waals surface area contributed by atoms with Crippen molar-refractivity contribution in [3.8, 4) is 11.5 Å². The number of halogens is 1. The van der Waals surface area contributed by atoms with Crippen LogP contribution in [0.4, 0.5) is 0 Å². The maximum atomic E-state index is 6.20. The molecular formula is C20H23ClN2O2. The summed E-state index contributed by atoms with van der Waals surface area (Å²) in [5.41, 5.74) is 3.77. The van der Waals surface area contributed by atoms with E-state index in [4.69, 9.17) is 21.1 Å². The Morgan fingerprint density at radius 1 is 1.24 bits per heavy atom. The highest BCUT2D eigenvalue weighted by Gasteiger charge is 2.40. The molecule has 1 aromatic carbocycles. The van der Waals surface area contributed by atoms with Crippen LogP contribution in [0.3, 0.4) is 0 Å². The molecule has 0 saturated carbocycles. The van der Waals surface area contributed by atoms with E-state index in [9.17, 15) is 0 Å². The highest BCUT2D eigenvalue weighted by Crippen LogP contribution is 2.44. The Balaban J connectivity index is 1.59. The summed E-state index contributed by atoms with van der Waals surface area (Å²) in [4.78, 5) is 7.16. The molecule has 1 saturated heterocycles. The van der Waals surface area contributed by atoms with Gasteiger partial charge in [-0.05, 0) is 49.1 Å². The Morgan fingerprint density at radius 3 is 2.92 bits per heavy atom. The van der Waals surface area contributed by atoms with Crippen molar-refractivity contribution in [3.05, 3.63) is 52.3 Å². The fourth-order valence-corrected chi connectivity index (χ4v) is 4.36. The third-order valence-electron chi connectivity index (χ3n) is 5.29. The number of aromatic nitrogens is 1. The minimum absolute atomic E-state index is 0.414. The number of rotatable bonds is 5. The summed E-state index contributed by atoms with van der Waals surface area (Å²) in [6.45, 7) is 3.52. The minimum atomic E-state index is 0.414. The van der Waals surface area contributed by atoms with Gasteiger partial charge in [-0.1, -0.05) is 17.7 Å². The number of hydrogen-bond donors (Lipinski definition) is 0. The van der Waals surface area contributed by atoms with Crippen molar-refractivity contribution in [2.24, 2.45) is 0 Å². The molecule has 2 aliphatic heterocycles. The van der Waals surface area contributed by atoms with Gasteiger partial charge in [0.1, 0.15) is 0 Å². The topological polar surface area (TPSA) is 34.6 Å². The highest BCUT2D eigenvalue weighted by molar-refractivity contribution is 6.30. The average Bonchev–Trinajstić information content (AvgIpc) is 2.89. The predicted octanol–water partition coefficient (Wildman–Crippen LogP) is 4.40. The van der Waals surface area contributed by atoms with Crippen molar-refractivity contribution in [1.29, 1.82) is 0 Å². The van der Waals surface area contributed by atoms with Crippen molar-refractivity contribution < 1.29 is 9.47 Å². The zero-order chi connectivity index (χ0) is 17.4. The summed E-state index contributed by atoms with van der Waals surface area (Å²) in [6.07, 6.45) is 5.17. The smallest absolute Gasteiger partial charge is 0.161 e. The molecule has 132 valence electrons. The third-order valence-corrected chi connectivity index (χ3v) is 5.50. The van der Waals surface area contributed by atoms with E-state index >= 15 is 0 Å². The number of hydrogen-bond acceptors (Lipinski definition) is 4. The predicted molar refractivity (Wildman–Crippen MR) is 98.4 cm³/mol. The molecular weight excluding hydrogens is 336 g/mol. The lowest BCUT2D eigenvalue weighted by Gasteiger charge is -2.36. The number of fused-ring (bicyclic) bond motifs is 4. The molecule has 1 aromatic heterocycles. The lowest BCUT2D eigenvalue weighted by Crippen LogP contribution is -2.37. The van der Waals surface area contributed by atoms with Gasteiger partial charge in [-0.2, -0.15) is 0 Å². The van der Waals surface area contributed by atoms with Crippen LogP contribution in [-0.2, 0) is 13.0 Å². The van der Waals surface area contributed by atoms with Gasteiger partial charge in [0, 0.05) is 36.9 Å². The Hall–Kier alpha value is -1.78. The molecule has 3 heterocycles. The molecule has 0 spiro atoms. The Morgan fingerprint density at radius 2 is 2.12 bits per heavy atom. The van der Waals surface area contributed by atoms with Crippen molar-refractivity contribution in [2.45, 2.75) is 44.8 Å². The first-order chi connectivity index (χ1) is 12.2. The van der Waals surface area contributed by atoms with Gasteiger partial charge in [0.25, 0.3) is 0 Å². The van der Waals surface area contributed by atoms with E-state index in [0.717, 1.165) is 29.5 Å². The van der Waals surface area contributed by atoms with E-state index in [0.29, 0.717) is 18.7 Å². The molecule has 0 N–H and O–H groups in total.